The highest BCUT2D eigenvalue weighted by molar-refractivity contribution is 8.00. The molecule has 0 saturated carbocycles. The maximum absolute atomic E-state index is 5.07. The molecule has 0 N–H and O–H groups in total. The van der Waals surface area contributed by atoms with Gasteiger partial charge in [-0.25, -0.2) is 15.0 Å². The van der Waals surface area contributed by atoms with Gasteiger partial charge in [-0.1, -0.05) is 11.8 Å². The van der Waals surface area contributed by atoms with E-state index in [0.29, 0.717) is 6.61 Å². The quantitative estimate of drug-likeness (QED) is 0.773. The summed E-state index contributed by atoms with van der Waals surface area (Å²) in [6, 6.07) is 0. The van der Waals surface area contributed by atoms with E-state index in [0.717, 1.165) is 27.0 Å². The molecule has 92 valence electrons. The Morgan fingerprint density at radius 1 is 1.47 bits per heavy atom. The third kappa shape index (κ3) is 2.67. The Morgan fingerprint density at radius 2 is 2.29 bits per heavy atom. The number of fused-ring (bicyclic) bond motifs is 1. The molecule has 0 fully saturated rings. The van der Waals surface area contributed by atoms with Crippen LogP contribution >= 0.6 is 23.1 Å². The van der Waals surface area contributed by atoms with Crippen LogP contribution in [0, 0.1) is 0 Å². The van der Waals surface area contributed by atoms with Gasteiger partial charge in [-0.3, -0.25) is 0 Å². The van der Waals surface area contributed by atoms with Crippen LogP contribution in [0.3, 0.4) is 0 Å². The molecule has 0 saturated heterocycles. The summed E-state index contributed by atoms with van der Waals surface area (Å²) < 4.78 is 7.12. The number of hydrogen-bond donors (Lipinski definition) is 0. The van der Waals surface area contributed by atoms with E-state index in [1.165, 1.54) is 0 Å². The second kappa shape index (κ2) is 5.61. The van der Waals surface area contributed by atoms with Crippen LogP contribution in [0.4, 0.5) is 5.82 Å². The minimum Gasteiger partial charge on any atom is -0.383 e. The number of methoxy groups -OCH3 is 1. The van der Waals surface area contributed by atoms with Gasteiger partial charge in [0.15, 0.2) is 15.8 Å². The van der Waals surface area contributed by atoms with Crippen LogP contribution < -0.4 is 4.90 Å². The lowest BCUT2D eigenvalue weighted by Gasteiger charge is -2.17. The molecule has 0 unspecified atom stereocenters. The number of hydrogen-bond acceptors (Lipinski definition) is 7. The van der Waals surface area contributed by atoms with E-state index >= 15 is 0 Å². The van der Waals surface area contributed by atoms with E-state index in [4.69, 9.17) is 4.74 Å². The first-order valence-corrected chi connectivity index (χ1v) is 7.16. The molecule has 2 rings (SSSR count). The molecule has 0 aliphatic rings. The van der Waals surface area contributed by atoms with E-state index in [2.05, 4.69) is 19.9 Å². The molecule has 0 bridgehead atoms. The maximum Gasteiger partial charge on any atom is 0.176 e. The number of likely N-dealkylation sites (N-methyl/N-ethyl adjacent to an activating group) is 1. The Hall–Kier alpha value is -0.920. The van der Waals surface area contributed by atoms with Crippen molar-refractivity contribution in [3.05, 3.63) is 6.33 Å². The van der Waals surface area contributed by atoms with Crippen molar-refractivity contribution < 1.29 is 4.74 Å². The molecule has 0 aromatic carbocycles. The van der Waals surface area contributed by atoms with Crippen molar-refractivity contribution in [2.45, 2.75) is 4.34 Å². The Labute approximate surface area is 108 Å². The Balaban J connectivity index is 2.35. The normalized spacial score (nSPS) is 11.0. The highest BCUT2D eigenvalue weighted by atomic mass is 32.2. The lowest BCUT2D eigenvalue weighted by Crippen LogP contribution is -2.23. The van der Waals surface area contributed by atoms with Crippen molar-refractivity contribution in [2.75, 3.05) is 38.5 Å². The Kier molecular flexibility index (Phi) is 4.14. The maximum atomic E-state index is 5.07. The number of nitrogens with zero attached hydrogens (tertiary/aromatic N) is 4. The van der Waals surface area contributed by atoms with E-state index in [-0.39, 0.29) is 0 Å². The van der Waals surface area contributed by atoms with Crippen molar-refractivity contribution in [2.24, 2.45) is 0 Å². The van der Waals surface area contributed by atoms with Gasteiger partial charge in [0.2, 0.25) is 0 Å². The highest BCUT2D eigenvalue weighted by Crippen LogP contribution is 2.32. The van der Waals surface area contributed by atoms with E-state index in [1.54, 1.807) is 36.5 Å². The van der Waals surface area contributed by atoms with Crippen LogP contribution in [0.15, 0.2) is 10.7 Å². The topological polar surface area (TPSA) is 51.1 Å². The molecule has 2 aromatic heterocycles. The first kappa shape index (κ1) is 12.5. The van der Waals surface area contributed by atoms with Gasteiger partial charge in [0, 0.05) is 20.7 Å². The fourth-order valence-electron chi connectivity index (χ4n) is 1.42. The van der Waals surface area contributed by atoms with Crippen LogP contribution in [0.25, 0.3) is 10.3 Å². The van der Waals surface area contributed by atoms with Crippen molar-refractivity contribution in [1.82, 2.24) is 15.0 Å². The van der Waals surface area contributed by atoms with Gasteiger partial charge in [-0.15, -0.1) is 11.3 Å². The molecule has 5 nitrogen and oxygen atoms in total. The third-order valence-electron chi connectivity index (χ3n) is 2.32. The lowest BCUT2D eigenvalue weighted by atomic mass is 10.5. The fourth-order valence-corrected chi connectivity index (χ4v) is 2.97. The van der Waals surface area contributed by atoms with Gasteiger partial charge in [-0.05, 0) is 6.26 Å². The molecule has 2 heterocycles. The summed E-state index contributed by atoms with van der Waals surface area (Å²) in [4.78, 5) is 15.0. The minimum absolute atomic E-state index is 0.677. The summed E-state index contributed by atoms with van der Waals surface area (Å²) in [7, 11) is 3.70. The molecule has 17 heavy (non-hydrogen) atoms. The molecule has 0 amide bonds. The van der Waals surface area contributed by atoms with Crippen molar-refractivity contribution in [3.63, 3.8) is 0 Å². The Bertz CT molecular complexity index is 502. The van der Waals surface area contributed by atoms with Gasteiger partial charge in [0.25, 0.3) is 0 Å². The fraction of sp³-hybridized carbons (Fsp3) is 0.500. The van der Waals surface area contributed by atoms with Crippen LogP contribution in [0.1, 0.15) is 0 Å². The number of rotatable bonds is 5. The minimum atomic E-state index is 0.677. The smallest absolute Gasteiger partial charge is 0.176 e. The van der Waals surface area contributed by atoms with E-state index in [1.807, 2.05) is 13.3 Å². The Morgan fingerprint density at radius 3 is 3.00 bits per heavy atom. The SMILES string of the molecule is COCCN(C)c1ncnc2nc(SC)sc12. The van der Waals surface area contributed by atoms with Gasteiger partial charge in [-0.2, -0.15) is 0 Å². The largest absolute Gasteiger partial charge is 0.383 e. The molecule has 7 heteroatoms. The second-order valence-corrected chi connectivity index (χ2v) is 5.50. The van der Waals surface area contributed by atoms with Crippen LogP contribution in [-0.4, -0.2) is 48.5 Å². The van der Waals surface area contributed by atoms with Crippen LogP contribution in [0.5, 0.6) is 0 Å². The summed E-state index contributed by atoms with van der Waals surface area (Å²) in [5, 5.41) is 0. The summed E-state index contributed by atoms with van der Waals surface area (Å²) >= 11 is 3.26. The van der Waals surface area contributed by atoms with Gasteiger partial charge < -0.3 is 9.64 Å². The zero-order valence-corrected chi connectivity index (χ0v) is 11.6. The summed E-state index contributed by atoms with van der Waals surface area (Å²) in [5.74, 6) is 0.921. The number of aromatic nitrogens is 3. The summed E-state index contributed by atoms with van der Waals surface area (Å²) in [5.41, 5.74) is 0.772. The van der Waals surface area contributed by atoms with Crippen LogP contribution in [0.2, 0.25) is 0 Å². The third-order valence-corrected chi connectivity index (χ3v) is 4.35. The highest BCUT2D eigenvalue weighted by Gasteiger charge is 2.12. The van der Waals surface area contributed by atoms with Gasteiger partial charge in [0.1, 0.15) is 11.0 Å². The number of thiazole rings is 1. The van der Waals surface area contributed by atoms with Crippen LogP contribution in [-0.2, 0) is 4.74 Å². The van der Waals surface area contributed by atoms with Gasteiger partial charge in [0.05, 0.1) is 6.61 Å². The lowest BCUT2D eigenvalue weighted by molar-refractivity contribution is 0.206. The molecular weight excluding hydrogens is 256 g/mol. The number of anilines is 1. The predicted octanol–water partition coefficient (Wildman–Crippen LogP) is 1.89. The van der Waals surface area contributed by atoms with Crippen molar-refractivity contribution in [3.8, 4) is 0 Å². The molecule has 0 aliphatic carbocycles. The number of ether oxygens (including phenoxy) is 1. The first-order chi connectivity index (χ1) is 8.26. The predicted molar refractivity (Wildman–Crippen MR) is 72.1 cm³/mol. The monoisotopic (exact) mass is 270 g/mol. The second-order valence-electron chi connectivity index (χ2n) is 3.45. The average Bonchev–Trinajstić information content (AvgIpc) is 2.78. The van der Waals surface area contributed by atoms with Crippen molar-refractivity contribution >= 4 is 39.3 Å². The molecule has 2 aromatic rings. The molecular formula is C10H14N4OS2. The van der Waals surface area contributed by atoms with E-state index < -0.39 is 0 Å². The molecule has 0 aliphatic heterocycles. The molecule has 0 spiro atoms. The van der Waals surface area contributed by atoms with E-state index in [9.17, 15) is 0 Å². The summed E-state index contributed by atoms with van der Waals surface area (Å²) in [6.45, 7) is 1.48. The zero-order valence-electron chi connectivity index (χ0n) is 10.0. The zero-order chi connectivity index (χ0) is 12.3. The molecule has 0 radical (unpaired) electrons. The number of thioether (sulfide) groups is 1. The van der Waals surface area contributed by atoms with Crippen molar-refractivity contribution in [1.29, 1.82) is 0 Å². The standard InChI is InChI=1S/C10H14N4OS2/c1-14(4-5-15-2)9-7-8(11-6-12-9)13-10(16-3)17-7/h6H,4-5H2,1-3H3. The summed E-state index contributed by atoms with van der Waals surface area (Å²) in [6.07, 6.45) is 3.57. The van der Waals surface area contributed by atoms with Gasteiger partial charge >= 0.3 is 0 Å². The average molecular weight is 270 g/mol. The first-order valence-electron chi connectivity index (χ1n) is 5.12. The molecule has 0 atom stereocenters.